The largest absolute Gasteiger partial charge is 0.444 e. The highest BCUT2D eigenvalue weighted by molar-refractivity contribution is 6.06. The van der Waals surface area contributed by atoms with Crippen LogP contribution in [0.3, 0.4) is 0 Å². The van der Waals surface area contributed by atoms with Gasteiger partial charge < -0.3 is 76.8 Å². The molecule has 4 aromatic carbocycles. The molecule has 33 heteroatoms. The van der Waals surface area contributed by atoms with Crippen molar-refractivity contribution in [2.45, 2.75) is 330 Å². The van der Waals surface area contributed by atoms with Gasteiger partial charge in [0.05, 0.1) is 18.1 Å². The van der Waals surface area contributed by atoms with Gasteiger partial charge >= 0.3 is 18.3 Å². The van der Waals surface area contributed by atoms with E-state index in [9.17, 15) is 28.8 Å². The molecule has 3 aliphatic carbocycles. The molecule has 0 radical (unpaired) electrons. The maximum absolute atomic E-state index is 15.7. The number of carbonyl (C=O) groups excluding carboxylic acids is 15. The second-order valence-electron chi connectivity index (χ2n) is 42.7. The molecule has 720 valence electrons. The van der Waals surface area contributed by atoms with Crippen molar-refractivity contribution in [3.8, 4) is 0 Å². The van der Waals surface area contributed by atoms with Crippen LogP contribution in [-0.4, -0.2) is 249 Å². The zero-order valence-electron chi connectivity index (χ0n) is 81.5. The highest BCUT2D eigenvalue weighted by atomic mass is 16.6. The standard InChI is InChI=1S/C99H141N15O18/c1-55(109(22)91(127)130-97(13,14)15)79(115)106-76(94(4,5)6)88(124)112-52-64(49-73(112)85(121)103-70-43-31-37-58-34-25-28-40-67(58)70)100-82(118)61-46-62(83(119)101-65-50-74(86(122)104-71-44-32-38-59-35-26-29-41-68(59)71)113(53-65)89(125)77(95(7,8)9)107-80(116)56(2)110(23)92(128)131-98(16,17)18)48-63(47-61)84(120)102-66-51-75(87(123)105-72-45-33-39-60-36-27-30-42-69(60)72)114(54-66)90(126)78(96(10,11)12)108-81(117)57(3)111(24)93(129)132-99(19,20)21/h25-30,34-36,40-42,46-48,55-57,64-66,70-78H,31-33,37-39,43-45,49-54H2,1-24H3,(H,100,118)(H,101,119)(H,102,120)(H,103,121)(H,104,122)(H,105,123)(H,106,115)(H,107,116)(H,108,117)/t55-,56-,57-,64-,65-,66-,70+,71+,72+,73-,74-,75-,76+,77+,78+/m0/s1. The second-order valence-corrected chi connectivity index (χ2v) is 42.7. The Kier molecular flexibility index (Phi) is 32.0. The first-order valence-electron chi connectivity index (χ1n) is 46.3. The zero-order valence-corrected chi connectivity index (χ0v) is 81.5. The summed E-state index contributed by atoms with van der Waals surface area (Å²) in [5.74, 6) is -8.52. The average molecular weight is 1830 g/mol. The Labute approximate surface area is 776 Å². The maximum atomic E-state index is 15.7. The molecule has 15 amide bonds. The topological polar surface area (TPSA) is 411 Å². The Bertz CT molecular complexity index is 4510. The lowest BCUT2D eigenvalue weighted by Crippen LogP contribution is -2.60. The lowest BCUT2D eigenvalue weighted by Gasteiger charge is -2.37. The molecule has 3 heterocycles. The number of aryl methyl sites for hydroxylation is 3. The minimum absolute atomic E-state index is 0.185. The summed E-state index contributed by atoms with van der Waals surface area (Å²) in [6.07, 6.45) is 3.34. The van der Waals surface area contributed by atoms with E-state index in [0.29, 0.717) is 19.3 Å². The quantitative estimate of drug-likeness (QED) is 0.0295. The number of carbonyl (C=O) groups is 15. The molecule has 4 aromatic rings. The van der Waals surface area contributed by atoms with Crippen LogP contribution < -0.4 is 47.9 Å². The van der Waals surface area contributed by atoms with Gasteiger partial charge in [-0.15, -0.1) is 0 Å². The Hall–Kier alpha value is -11.7. The van der Waals surface area contributed by atoms with E-state index < -0.39 is 213 Å². The van der Waals surface area contributed by atoms with Gasteiger partial charge in [-0.2, -0.15) is 0 Å². The lowest BCUT2D eigenvalue weighted by atomic mass is 9.85. The van der Waals surface area contributed by atoms with Crippen molar-refractivity contribution in [1.29, 1.82) is 0 Å². The van der Waals surface area contributed by atoms with E-state index in [1.54, 1.807) is 125 Å². The van der Waals surface area contributed by atoms with Gasteiger partial charge in [-0.05, 0) is 228 Å². The number of hydrogen-bond donors (Lipinski definition) is 9. The lowest BCUT2D eigenvalue weighted by molar-refractivity contribution is -0.144. The van der Waals surface area contributed by atoms with Gasteiger partial charge in [-0.3, -0.25) is 72.2 Å². The number of nitrogens with one attached hydrogen (secondary N) is 9. The fraction of sp³-hybridized carbons (Fsp3) is 0.606. The summed E-state index contributed by atoms with van der Waals surface area (Å²) in [5.41, 5.74) is -0.896. The number of benzene rings is 4. The van der Waals surface area contributed by atoms with Crippen LogP contribution in [0.25, 0.3) is 0 Å². The maximum Gasteiger partial charge on any atom is 0.410 e. The van der Waals surface area contributed by atoms with E-state index in [1.165, 1.54) is 74.8 Å². The van der Waals surface area contributed by atoms with Gasteiger partial charge in [0, 0.05) is 75.6 Å². The van der Waals surface area contributed by atoms with Gasteiger partial charge in [0.1, 0.15) is 71.2 Å². The molecule has 33 nitrogen and oxygen atoms in total. The van der Waals surface area contributed by atoms with Crippen LogP contribution >= 0.6 is 0 Å². The number of ether oxygens (including phenoxy) is 3. The van der Waals surface area contributed by atoms with Crippen molar-refractivity contribution < 1.29 is 86.1 Å². The van der Waals surface area contributed by atoms with Crippen LogP contribution in [-0.2, 0) is 76.6 Å². The van der Waals surface area contributed by atoms with Crippen molar-refractivity contribution in [1.82, 2.24) is 77.3 Å². The van der Waals surface area contributed by atoms with E-state index in [2.05, 4.69) is 47.9 Å². The average Bonchev–Trinajstić information content (AvgIpc) is 1.65. The number of amides is 15. The molecule has 3 fully saturated rings. The van der Waals surface area contributed by atoms with Crippen molar-refractivity contribution in [2.75, 3.05) is 40.8 Å². The molecule has 0 aromatic heterocycles. The minimum atomic E-state index is -1.34. The first-order chi connectivity index (χ1) is 61.4. The highest BCUT2D eigenvalue weighted by Gasteiger charge is 2.52. The summed E-state index contributed by atoms with van der Waals surface area (Å²) in [5, 5.41) is 27.3. The van der Waals surface area contributed by atoms with E-state index in [0.717, 1.165) is 86.6 Å². The number of rotatable bonds is 24. The van der Waals surface area contributed by atoms with Crippen LogP contribution in [0, 0.1) is 16.2 Å². The molecule has 6 aliphatic rings. The van der Waals surface area contributed by atoms with Crippen molar-refractivity contribution in [3.05, 3.63) is 141 Å². The van der Waals surface area contributed by atoms with Crippen LogP contribution in [0.4, 0.5) is 14.4 Å². The second kappa shape index (κ2) is 41.2. The number of likely N-dealkylation sites (N-methyl/N-ethyl adjacent to an activating group) is 3. The molecule has 15 atom stereocenters. The molecule has 10 rings (SSSR count). The molecule has 0 spiro atoms. The molecule has 3 saturated heterocycles. The monoisotopic (exact) mass is 1830 g/mol. The first kappa shape index (κ1) is 102. The van der Waals surface area contributed by atoms with Crippen LogP contribution in [0.2, 0.25) is 0 Å². The van der Waals surface area contributed by atoms with Crippen LogP contribution in [0.5, 0.6) is 0 Å². The van der Waals surface area contributed by atoms with Crippen molar-refractivity contribution in [2.24, 2.45) is 16.2 Å². The van der Waals surface area contributed by atoms with E-state index in [1.807, 2.05) is 72.8 Å². The van der Waals surface area contributed by atoms with Crippen LogP contribution in [0.15, 0.2) is 91.0 Å². The molecule has 3 aliphatic heterocycles. The van der Waals surface area contributed by atoms with Crippen LogP contribution in [0.1, 0.15) is 286 Å². The third-order valence-electron chi connectivity index (χ3n) is 25.6. The van der Waals surface area contributed by atoms with E-state index >= 15 is 43.2 Å². The molecular formula is C99H141N15O18. The summed E-state index contributed by atoms with van der Waals surface area (Å²) >= 11 is 0. The van der Waals surface area contributed by atoms with E-state index in [4.69, 9.17) is 14.2 Å². The molecular weight excluding hydrogens is 1690 g/mol. The van der Waals surface area contributed by atoms with E-state index in [-0.39, 0.29) is 55.6 Å². The zero-order chi connectivity index (χ0) is 97.7. The molecule has 0 unspecified atom stereocenters. The van der Waals surface area contributed by atoms with Crippen molar-refractivity contribution in [3.63, 3.8) is 0 Å². The Morgan fingerprint density at radius 1 is 0.341 bits per heavy atom. The minimum Gasteiger partial charge on any atom is -0.444 e. The van der Waals surface area contributed by atoms with Gasteiger partial charge in [0.25, 0.3) is 17.7 Å². The SMILES string of the molecule is C[C@@H](C(=O)N[C@H](C(=O)N1C[C@@H](NC(=O)c2cc(C(=O)N[C@H]3C[C@@H](C(=O)N[C@@H]4CCCc5ccccc54)N(C(=O)[C@@H](NC(=O)[C@H](C)N(C)C(=O)OC(C)(C)C)C(C)(C)C)C3)cc(C(=O)N[C@H]3C[C@@H](C(=O)N[C@@H]4CCCc5ccccc54)N(C(=O)[C@@H](NC(=O)[C@H](C)N(C)C(=O)OC(C)(C)C)C(C)(C)C)C3)c2)C[C@H]1C(=O)N[C@@H]1CCCc2ccccc21)C(C)(C)C)N(C)C(=O)OC(C)(C)C. The Morgan fingerprint density at radius 2 is 0.568 bits per heavy atom. The predicted octanol–water partition coefficient (Wildman–Crippen LogP) is 9.72. The van der Waals surface area contributed by atoms with Gasteiger partial charge in [-0.1, -0.05) is 135 Å². The van der Waals surface area contributed by atoms with Gasteiger partial charge in [-0.25, -0.2) is 14.4 Å². The highest BCUT2D eigenvalue weighted by Crippen LogP contribution is 2.38. The summed E-state index contributed by atoms with van der Waals surface area (Å²) in [6, 6.07) is 11.0. The fourth-order valence-electron chi connectivity index (χ4n) is 17.9. The third kappa shape index (κ3) is 25.6. The van der Waals surface area contributed by atoms with Crippen molar-refractivity contribution >= 4 is 89.2 Å². The molecule has 0 saturated carbocycles. The predicted molar refractivity (Wildman–Crippen MR) is 496 cm³/mol. The normalized spacial score (nSPS) is 21.6. The molecule has 9 N–H and O–H groups in total. The number of likely N-dealkylation sites (tertiary alicyclic amines) is 3. The summed E-state index contributed by atoms with van der Waals surface area (Å²) in [7, 11) is 4.19. The van der Waals surface area contributed by atoms with Gasteiger partial charge in [0.15, 0.2) is 0 Å². The number of fused-ring (bicyclic) bond motifs is 3. The smallest absolute Gasteiger partial charge is 0.410 e. The fourth-order valence-corrected chi connectivity index (χ4v) is 17.9. The number of hydrogen-bond acceptors (Lipinski definition) is 18. The first-order valence-corrected chi connectivity index (χ1v) is 46.3. The summed E-state index contributed by atoms with van der Waals surface area (Å²) in [6.45, 7) is 34.2. The summed E-state index contributed by atoms with van der Waals surface area (Å²) < 4.78 is 16.7. The molecule has 132 heavy (non-hydrogen) atoms. The summed E-state index contributed by atoms with van der Waals surface area (Å²) in [4.78, 5) is 231. The Morgan fingerprint density at radius 3 is 0.788 bits per heavy atom. The molecule has 0 bridgehead atoms. The Balaban J connectivity index is 1.02. The number of nitrogens with zero attached hydrogens (tertiary/aromatic N) is 6. The third-order valence-corrected chi connectivity index (χ3v) is 25.6. The van der Waals surface area contributed by atoms with Gasteiger partial charge in [0.2, 0.25) is 53.2 Å².